The standard InChI is InChI=1S/C14H21N3O/c1-11(2)14(15)16-12-5-3-4-6-13(12)17-7-9-18-10-8-17/h3-6,11H,7-10H2,1-2H3,(H2,15,16). The Morgan fingerprint density at radius 2 is 1.94 bits per heavy atom. The zero-order valence-electron chi connectivity index (χ0n) is 11.1. The zero-order valence-corrected chi connectivity index (χ0v) is 11.1. The van der Waals surface area contributed by atoms with E-state index < -0.39 is 0 Å². The van der Waals surface area contributed by atoms with Crippen LogP contribution in [0.3, 0.4) is 0 Å². The summed E-state index contributed by atoms with van der Waals surface area (Å²) < 4.78 is 5.38. The van der Waals surface area contributed by atoms with Crippen molar-refractivity contribution in [1.82, 2.24) is 0 Å². The van der Waals surface area contributed by atoms with Gasteiger partial charge in [-0.25, -0.2) is 4.99 Å². The molecule has 0 radical (unpaired) electrons. The molecule has 1 aliphatic heterocycles. The molecule has 0 unspecified atom stereocenters. The number of rotatable bonds is 3. The highest BCUT2D eigenvalue weighted by atomic mass is 16.5. The van der Waals surface area contributed by atoms with E-state index in [4.69, 9.17) is 10.5 Å². The zero-order chi connectivity index (χ0) is 13.0. The number of para-hydroxylation sites is 2. The predicted octanol–water partition coefficient (Wildman–Crippen LogP) is 2.17. The van der Waals surface area contributed by atoms with Crippen molar-refractivity contribution in [2.24, 2.45) is 16.6 Å². The highest BCUT2D eigenvalue weighted by Gasteiger charge is 2.14. The first-order chi connectivity index (χ1) is 8.68. The second kappa shape index (κ2) is 5.87. The third kappa shape index (κ3) is 3.01. The molecule has 0 aliphatic carbocycles. The van der Waals surface area contributed by atoms with Crippen LogP contribution in [0.2, 0.25) is 0 Å². The lowest BCUT2D eigenvalue weighted by Crippen LogP contribution is -2.36. The molecule has 1 fully saturated rings. The summed E-state index contributed by atoms with van der Waals surface area (Å²) >= 11 is 0. The largest absolute Gasteiger partial charge is 0.387 e. The van der Waals surface area contributed by atoms with Gasteiger partial charge in [-0.3, -0.25) is 0 Å². The highest BCUT2D eigenvalue weighted by molar-refractivity contribution is 5.87. The van der Waals surface area contributed by atoms with Crippen molar-refractivity contribution in [2.45, 2.75) is 13.8 Å². The van der Waals surface area contributed by atoms with E-state index in [-0.39, 0.29) is 5.92 Å². The molecule has 1 saturated heterocycles. The molecule has 1 aromatic carbocycles. The maximum atomic E-state index is 5.95. The van der Waals surface area contributed by atoms with Crippen molar-refractivity contribution in [3.8, 4) is 0 Å². The van der Waals surface area contributed by atoms with Gasteiger partial charge in [0.1, 0.15) is 5.84 Å². The fourth-order valence-corrected chi connectivity index (χ4v) is 1.90. The van der Waals surface area contributed by atoms with Crippen LogP contribution in [0.4, 0.5) is 11.4 Å². The fourth-order valence-electron chi connectivity index (χ4n) is 1.90. The van der Waals surface area contributed by atoms with Gasteiger partial charge >= 0.3 is 0 Å². The van der Waals surface area contributed by atoms with Gasteiger partial charge in [-0.15, -0.1) is 0 Å². The lowest BCUT2D eigenvalue weighted by molar-refractivity contribution is 0.123. The lowest BCUT2D eigenvalue weighted by atomic mass is 10.2. The molecule has 4 heteroatoms. The molecule has 0 aromatic heterocycles. The molecule has 1 aromatic rings. The first-order valence-corrected chi connectivity index (χ1v) is 6.44. The molecule has 2 N–H and O–H groups in total. The molecule has 2 rings (SSSR count). The maximum Gasteiger partial charge on any atom is 0.102 e. The number of benzene rings is 1. The number of anilines is 1. The summed E-state index contributed by atoms with van der Waals surface area (Å²) in [5, 5.41) is 0. The Morgan fingerprint density at radius 3 is 2.61 bits per heavy atom. The Hall–Kier alpha value is -1.55. The highest BCUT2D eigenvalue weighted by Crippen LogP contribution is 2.29. The first-order valence-electron chi connectivity index (χ1n) is 6.44. The van der Waals surface area contributed by atoms with Gasteiger partial charge < -0.3 is 15.4 Å². The smallest absolute Gasteiger partial charge is 0.102 e. The van der Waals surface area contributed by atoms with Gasteiger partial charge in [-0.1, -0.05) is 26.0 Å². The minimum atomic E-state index is 0.266. The van der Waals surface area contributed by atoms with Crippen LogP contribution in [-0.4, -0.2) is 32.1 Å². The lowest BCUT2D eigenvalue weighted by Gasteiger charge is -2.29. The number of nitrogens with zero attached hydrogens (tertiary/aromatic N) is 2. The number of aliphatic imine (C=N–C) groups is 1. The van der Waals surface area contributed by atoms with Crippen LogP contribution in [0.1, 0.15) is 13.8 Å². The SMILES string of the molecule is CC(C)C(N)=Nc1ccccc1N1CCOCC1. The molecule has 98 valence electrons. The topological polar surface area (TPSA) is 50.8 Å². The molecule has 0 saturated carbocycles. The molecular formula is C14H21N3O. The van der Waals surface area contributed by atoms with Gasteiger partial charge in [0.2, 0.25) is 0 Å². The fraction of sp³-hybridized carbons (Fsp3) is 0.500. The molecule has 4 nitrogen and oxygen atoms in total. The van der Waals surface area contributed by atoms with Gasteiger partial charge in [0.25, 0.3) is 0 Å². The van der Waals surface area contributed by atoms with Gasteiger partial charge in [0, 0.05) is 19.0 Å². The first kappa shape index (κ1) is 12.9. The van der Waals surface area contributed by atoms with Crippen LogP contribution in [0.5, 0.6) is 0 Å². The number of amidine groups is 1. The van der Waals surface area contributed by atoms with Gasteiger partial charge in [-0.05, 0) is 12.1 Å². The number of hydrogen-bond acceptors (Lipinski definition) is 3. The average molecular weight is 247 g/mol. The Labute approximate surface area is 108 Å². The summed E-state index contributed by atoms with van der Waals surface area (Å²) in [5.74, 6) is 0.943. The van der Waals surface area contributed by atoms with Crippen molar-refractivity contribution < 1.29 is 4.74 Å². The van der Waals surface area contributed by atoms with Crippen LogP contribution in [-0.2, 0) is 4.74 Å². The number of morpholine rings is 1. The predicted molar refractivity (Wildman–Crippen MR) is 75.6 cm³/mol. The second-order valence-electron chi connectivity index (χ2n) is 4.78. The summed E-state index contributed by atoms with van der Waals surface area (Å²) in [6.07, 6.45) is 0. The maximum absolute atomic E-state index is 5.95. The number of ether oxygens (including phenoxy) is 1. The van der Waals surface area contributed by atoms with E-state index in [1.54, 1.807) is 0 Å². The summed E-state index contributed by atoms with van der Waals surface area (Å²) in [5.41, 5.74) is 8.05. The Balaban J connectivity index is 2.27. The second-order valence-corrected chi connectivity index (χ2v) is 4.78. The third-order valence-corrected chi connectivity index (χ3v) is 3.07. The van der Waals surface area contributed by atoms with Crippen molar-refractivity contribution in [3.63, 3.8) is 0 Å². The summed E-state index contributed by atoms with van der Waals surface area (Å²) in [6.45, 7) is 7.48. The Bertz CT molecular complexity index is 423. The average Bonchev–Trinajstić information content (AvgIpc) is 2.40. The molecule has 1 aliphatic rings. The van der Waals surface area contributed by atoms with Crippen LogP contribution in [0.25, 0.3) is 0 Å². The van der Waals surface area contributed by atoms with E-state index in [0.29, 0.717) is 5.84 Å². The molecule has 1 heterocycles. The molecule has 0 spiro atoms. The monoisotopic (exact) mass is 247 g/mol. The Kier molecular flexibility index (Phi) is 4.20. The van der Waals surface area contributed by atoms with Crippen LogP contribution >= 0.6 is 0 Å². The third-order valence-electron chi connectivity index (χ3n) is 3.07. The van der Waals surface area contributed by atoms with Crippen molar-refractivity contribution >= 4 is 17.2 Å². The van der Waals surface area contributed by atoms with Crippen molar-refractivity contribution in [1.29, 1.82) is 0 Å². The van der Waals surface area contributed by atoms with Crippen molar-refractivity contribution in [3.05, 3.63) is 24.3 Å². The number of nitrogens with two attached hydrogens (primary N) is 1. The molecule has 0 atom stereocenters. The van der Waals surface area contributed by atoms with Gasteiger partial charge in [-0.2, -0.15) is 0 Å². The van der Waals surface area contributed by atoms with Crippen LogP contribution < -0.4 is 10.6 Å². The molecule has 18 heavy (non-hydrogen) atoms. The van der Waals surface area contributed by atoms with E-state index in [9.17, 15) is 0 Å². The molecule has 0 amide bonds. The van der Waals surface area contributed by atoms with E-state index in [2.05, 4.69) is 29.8 Å². The van der Waals surface area contributed by atoms with Gasteiger partial charge in [0.15, 0.2) is 0 Å². The normalized spacial score (nSPS) is 17.3. The Morgan fingerprint density at radius 1 is 1.28 bits per heavy atom. The summed E-state index contributed by atoms with van der Waals surface area (Å²) in [7, 11) is 0. The van der Waals surface area contributed by atoms with Crippen LogP contribution in [0.15, 0.2) is 29.3 Å². The minimum Gasteiger partial charge on any atom is -0.387 e. The van der Waals surface area contributed by atoms with Crippen LogP contribution in [0, 0.1) is 5.92 Å². The van der Waals surface area contributed by atoms with E-state index in [0.717, 1.165) is 37.7 Å². The van der Waals surface area contributed by atoms with E-state index >= 15 is 0 Å². The molecule has 0 bridgehead atoms. The van der Waals surface area contributed by atoms with E-state index in [1.807, 2.05) is 18.2 Å². The summed E-state index contributed by atoms with van der Waals surface area (Å²) in [4.78, 5) is 6.85. The quantitative estimate of drug-likeness (QED) is 0.658. The van der Waals surface area contributed by atoms with Gasteiger partial charge in [0.05, 0.1) is 24.6 Å². The van der Waals surface area contributed by atoms with Crippen molar-refractivity contribution in [2.75, 3.05) is 31.2 Å². The molecular weight excluding hydrogens is 226 g/mol. The minimum absolute atomic E-state index is 0.266. The van der Waals surface area contributed by atoms with E-state index in [1.165, 1.54) is 0 Å². The number of hydrogen-bond donors (Lipinski definition) is 1. The summed E-state index contributed by atoms with van der Waals surface area (Å²) in [6, 6.07) is 8.14.